The number of piperidine rings is 2. The van der Waals surface area contributed by atoms with E-state index in [0.717, 1.165) is 38.6 Å². The molecule has 24 heavy (non-hydrogen) atoms. The van der Waals surface area contributed by atoms with Gasteiger partial charge in [0.25, 0.3) is 0 Å². The van der Waals surface area contributed by atoms with Crippen LogP contribution in [0.4, 0.5) is 0 Å². The van der Waals surface area contributed by atoms with Crippen LogP contribution in [-0.4, -0.2) is 56.7 Å². The summed E-state index contributed by atoms with van der Waals surface area (Å²) in [5, 5.41) is 3.62. The van der Waals surface area contributed by atoms with E-state index in [2.05, 4.69) is 10.0 Å². The summed E-state index contributed by atoms with van der Waals surface area (Å²) in [5.74, 6) is 0.711. The largest absolute Gasteiger partial charge is 0.338 e. The van der Waals surface area contributed by atoms with Gasteiger partial charge in [0.15, 0.2) is 0 Å². The highest BCUT2D eigenvalue weighted by atomic mass is 35.5. The standard InChI is InChI=1S/C16H29N3O3S.ClH/c1-23(21,22)17-11-15-4-2-3-7-19(15)16(20)10-12-8-13-5-6-14(9-12)18-13;/h12-15,17-18H,2-11H2,1H3;1H. The molecule has 0 aliphatic carbocycles. The number of halogens is 1. The van der Waals surface area contributed by atoms with E-state index >= 15 is 0 Å². The lowest BCUT2D eigenvalue weighted by atomic mass is 9.88. The molecule has 2 N–H and O–H groups in total. The molecular weight excluding hydrogens is 350 g/mol. The van der Waals surface area contributed by atoms with E-state index in [4.69, 9.17) is 0 Å². The number of amides is 1. The Morgan fingerprint density at radius 2 is 1.83 bits per heavy atom. The molecule has 3 unspecified atom stereocenters. The molecule has 0 aromatic heterocycles. The van der Waals surface area contributed by atoms with Crippen molar-refractivity contribution in [2.24, 2.45) is 5.92 Å². The van der Waals surface area contributed by atoms with Gasteiger partial charge in [-0.05, 0) is 50.9 Å². The van der Waals surface area contributed by atoms with Crippen molar-refractivity contribution in [1.29, 1.82) is 0 Å². The summed E-state index contributed by atoms with van der Waals surface area (Å²) in [6.07, 6.45) is 9.52. The number of nitrogens with one attached hydrogen (secondary N) is 2. The van der Waals surface area contributed by atoms with Crippen LogP contribution in [0.15, 0.2) is 0 Å². The summed E-state index contributed by atoms with van der Waals surface area (Å²) >= 11 is 0. The van der Waals surface area contributed by atoms with Crippen LogP contribution < -0.4 is 10.0 Å². The zero-order chi connectivity index (χ0) is 16.4. The molecular formula is C16H30ClN3O3S. The molecule has 3 heterocycles. The van der Waals surface area contributed by atoms with E-state index in [0.29, 0.717) is 31.0 Å². The average molecular weight is 380 g/mol. The first kappa shape index (κ1) is 19.9. The molecule has 3 saturated heterocycles. The van der Waals surface area contributed by atoms with E-state index in [1.54, 1.807) is 0 Å². The van der Waals surface area contributed by atoms with Gasteiger partial charge in [-0.15, -0.1) is 12.4 Å². The van der Waals surface area contributed by atoms with Crippen LogP contribution in [0.5, 0.6) is 0 Å². The second-order valence-corrected chi connectivity index (χ2v) is 9.37. The molecule has 140 valence electrons. The lowest BCUT2D eigenvalue weighted by Gasteiger charge is -2.37. The van der Waals surface area contributed by atoms with Gasteiger partial charge in [-0.3, -0.25) is 4.79 Å². The zero-order valence-electron chi connectivity index (χ0n) is 14.4. The first-order valence-electron chi connectivity index (χ1n) is 8.91. The van der Waals surface area contributed by atoms with E-state index < -0.39 is 10.0 Å². The average Bonchev–Trinajstić information content (AvgIpc) is 2.83. The first-order chi connectivity index (χ1) is 10.9. The highest BCUT2D eigenvalue weighted by Gasteiger charge is 2.36. The van der Waals surface area contributed by atoms with Gasteiger partial charge >= 0.3 is 0 Å². The molecule has 2 bridgehead atoms. The number of carbonyl (C=O) groups excluding carboxylic acids is 1. The molecule has 3 aliphatic rings. The Kier molecular flexibility index (Phi) is 6.93. The van der Waals surface area contributed by atoms with Gasteiger partial charge in [-0.1, -0.05) is 0 Å². The van der Waals surface area contributed by atoms with E-state index in [-0.39, 0.29) is 24.4 Å². The number of nitrogens with zero attached hydrogens (tertiary/aromatic N) is 1. The lowest BCUT2D eigenvalue weighted by molar-refractivity contribution is -0.136. The third-order valence-electron chi connectivity index (χ3n) is 5.56. The smallest absolute Gasteiger partial charge is 0.223 e. The minimum atomic E-state index is -3.20. The highest BCUT2D eigenvalue weighted by molar-refractivity contribution is 7.88. The quantitative estimate of drug-likeness (QED) is 0.753. The van der Waals surface area contributed by atoms with Crippen molar-refractivity contribution in [2.75, 3.05) is 19.3 Å². The molecule has 3 fully saturated rings. The van der Waals surface area contributed by atoms with Crippen molar-refractivity contribution in [3.05, 3.63) is 0 Å². The van der Waals surface area contributed by atoms with Crippen LogP contribution >= 0.6 is 12.4 Å². The summed E-state index contributed by atoms with van der Waals surface area (Å²) in [6.45, 7) is 1.12. The summed E-state index contributed by atoms with van der Waals surface area (Å²) in [5.41, 5.74) is 0. The number of fused-ring (bicyclic) bond motifs is 2. The second kappa shape index (κ2) is 8.34. The minimum Gasteiger partial charge on any atom is -0.338 e. The molecule has 6 nitrogen and oxygen atoms in total. The van der Waals surface area contributed by atoms with E-state index in [1.807, 2.05) is 4.90 Å². The van der Waals surface area contributed by atoms with Crippen LogP contribution in [-0.2, 0) is 14.8 Å². The van der Waals surface area contributed by atoms with Crippen molar-refractivity contribution in [1.82, 2.24) is 14.9 Å². The number of sulfonamides is 1. The van der Waals surface area contributed by atoms with Crippen LogP contribution in [0, 0.1) is 5.92 Å². The molecule has 0 saturated carbocycles. The van der Waals surface area contributed by atoms with Crippen molar-refractivity contribution < 1.29 is 13.2 Å². The maximum absolute atomic E-state index is 12.8. The van der Waals surface area contributed by atoms with Gasteiger partial charge in [0.05, 0.1) is 6.26 Å². The number of carbonyl (C=O) groups is 1. The van der Waals surface area contributed by atoms with E-state index in [1.165, 1.54) is 19.1 Å². The fourth-order valence-corrected chi connectivity index (χ4v) is 4.99. The molecule has 3 aliphatic heterocycles. The normalized spacial score (nSPS) is 33.1. The number of hydrogen-bond donors (Lipinski definition) is 2. The highest BCUT2D eigenvalue weighted by Crippen LogP contribution is 2.33. The predicted molar refractivity (Wildman–Crippen MR) is 96.7 cm³/mol. The van der Waals surface area contributed by atoms with Crippen molar-refractivity contribution in [3.8, 4) is 0 Å². The van der Waals surface area contributed by atoms with Crippen molar-refractivity contribution in [3.63, 3.8) is 0 Å². The van der Waals surface area contributed by atoms with E-state index in [9.17, 15) is 13.2 Å². The molecule has 3 atom stereocenters. The monoisotopic (exact) mass is 379 g/mol. The van der Waals surface area contributed by atoms with Crippen LogP contribution in [0.3, 0.4) is 0 Å². The Morgan fingerprint density at radius 1 is 1.17 bits per heavy atom. The topological polar surface area (TPSA) is 78.5 Å². The Labute approximate surface area is 151 Å². The Balaban J connectivity index is 0.00000208. The first-order valence-corrected chi connectivity index (χ1v) is 10.8. The third kappa shape index (κ3) is 5.31. The maximum Gasteiger partial charge on any atom is 0.223 e. The molecule has 1 amide bonds. The molecule has 8 heteroatoms. The molecule has 0 spiro atoms. The van der Waals surface area contributed by atoms with Gasteiger partial charge in [0.1, 0.15) is 0 Å². The van der Waals surface area contributed by atoms with Gasteiger partial charge < -0.3 is 10.2 Å². The SMILES string of the molecule is CS(=O)(=O)NCC1CCCCN1C(=O)CC1CC2CCC(C1)N2.Cl. The fraction of sp³-hybridized carbons (Fsp3) is 0.938. The summed E-state index contributed by atoms with van der Waals surface area (Å²) in [6, 6.07) is 1.23. The minimum absolute atomic E-state index is 0. The summed E-state index contributed by atoms with van der Waals surface area (Å²) in [7, 11) is -3.20. The Hall–Kier alpha value is -0.370. The number of hydrogen-bond acceptors (Lipinski definition) is 4. The third-order valence-corrected chi connectivity index (χ3v) is 6.25. The Morgan fingerprint density at radius 3 is 2.46 bits per heavy atom. The second-order valence-electron chi connectivity index (χ2n) is 7.54. The number of rotatable bonds is 5. The van der Waals surface area contributed by atoms with Crippen LogP contribution in [0.25, 0.3) is 0 Å². The lowest BCUT2D eigenvalue weighted by Crippen LogP contribution is -2.50. The van der Waals surface area contributed by atoms with Gasteiger partial charge in [0, 0.05) is 37.6 Å². The van der Waals surface area contributed by atoms with Gasteiger partial charge in [-0.2, -0.15) is 0 Å². The van der Waals surface area contributed by atoms with Gasteiger partial charge in [-0.25, -0.2) is 13.1 Å². The zero-order valence-corrected chi connectivity index (χ0v) is 16.0. The predicted octanol–water partition coefficient (Wildman–Crippen LogP) is 1.26. The maximum atomic E-state index is 12.8. The molecule has 3 rings (SSSR count). The van der Waals surface area contributed by atoms with Crippen molar-refractivity contribution >= 4 is 28.3 Å². The van der Waals surface area contributed by atoms with Crippen LogP contribution in [0.1, 0.15) is 51.4 Å². The summed E-state index contributed by atoms with van der Waals surface area (Å²) < 4.78 is 25.2. The Bertz CT molecular complexity index is 531. The van der Waals surface area contributed by atoms with Crippen molar-refractivity contribution in [2.45, 2.75) is 69.5 Å². The molecule has 0 aromatic rings. The molecule has 0 radical (unpaired) electrons. The number of likely N-dealkylation sites (tertiary alicyclic amines) is 1. The molecule has 0 aromatic carbocycles. The summed E-state index contributed by atoms with van der Waals surface area (Å²) in [4.78, 5) is 14.7. The van der Waals surface area contributed by atoms with Crippen LogP contribution in [0.2, 0.25) is 0 Å². The fourth-order valence-electron chi connectivity index (χ4n) is 4.49. The van der Waals surface area contributed by atoms with Gasteiger partial charge in [0.2, 0.25) is 15.9 Å².